The Balaban J connectivity index is 2.33. The molecule has 0 unspecified atom stereocenters. The Morgan fingerprint density at radius 2 is 2.23 bits per heavy atom. The van der Waals surface area contributed by atoms with E-state index in [9.17, 15) is 0 Å². The molecule has 0 amide bonds. The maximum atomic E-state index is 6.00. The van der Waals surface area contributed by atoms with Crippen LogP contribution < -0.4 is 10.5 Å². The minimum atomic E-state index is -0.0741. The van der Waals surface area contributed by atoms with E-state index in [1.807, 2.05) is 24.3 Å². The van der Waals surface area contributed by atoms with E-state index >= 15 is 0 Å². The van der Waals surface area contributed by atoms with Crippen LogP contribution in [0.1, 0.15) is 11.6 Å². The van der Waals surface area contributed by atoms with Gasteiger partial charge in [0.15, 0.2) is 0 Å². The summed E-state index contributed by atoms with van der Waals surface area (Å²) >= 11 is 0. The van der Waals surface area contributed by atoms with Crippen molar-refractivity contribution < 1.29 is 9.47 Å². The van der Waals surface area contributed by atoms with E-state index in [2.05, 4.69) is 0 Å². The van der Waals surface area contributed by atoms with Gasteiger partial charge in [-0.1, -0.05) is 18.2 Å². The van der Waals surface area contributed by atoms with E-state index in [1.54, 1.807) is 7.11 Å². The summed E-state index contributed by atoms with van der Waals surface area (Å²) in [5.41, 5.74) is 7.02. The van der Waals surface area contributed by atoms with E-state index in [0.717, 1.165) is 11.3 Å². The van der Waals surface area contributed by atoms with Gasteiger partial charge in [0.25, 0.3) is 0 Å². The van der Waals surface area contributed by atoms with Crippen LogP contribution in [0, 0.1) is 0 Å². The number of rotatable bonds is 1. The highest BCUT2D eigenvalue weighted by Crippen LogP contribution is 2.30. The third-order valence-corrected chi connectivity index (χ3v) is 2.38. The maximum absolute atomic E-state index is 6.00. The van der Waals surface area contributed by atoms with Crippen molar-refractivity contribution in [1.29, 1.82) is 0 Å². The monoisotopic (exact) mass is 179 g/mol. The summed E-state index contributed by atoms with van der Waals surface area (Å²) in [7, 11) is 1.65. The van der Waals surface area contributed by atoms with Crippen molar-refractivity contribution in [3.8, 4) is 5.75 Å². The second-order valence-electron chi connectivity index (χ2n) is 3.15. The lowest BCUT2D eigenvalue weighted by Gasteiger charge is -2.29. The Hall–Kier alpha value is -1.06. The molecule has 0 radical (unpaired) electrons. The highest BCUT2D eigenvalue weighted by molar-refractivity contribution is 5.38. The zero-order valence-electron chi connectivity index (χ0n) is 7.57. The molecular weight excluding hydrogens is 166 g/mol. The maximum Gasteiger partial charge on any atom is 0.124 e. The minimum Gasteiger partial charge on any atom is -0.490 e. The summed E-state index contributed by atoms with van der Waals surface area (Å²) in [6.45, 7) is 0.536. The molecule has 70 valence electrons. The lowest BCUT2D eigenvalue weighted by Crippen LogP contribution is -2.37. The minimum absolute atomic E-state index is 0.0325. The molecule has 1 heterocycles. The van der Waals surface area contributed by atoms with Crippen LogP contribution in [0.4, 0.5) is 0 Å². The van der Waals surface area contributed by atoms with E-state index < -0.39 is 0 Å². The van der Waals surface area contributed by atoms with Crippen LogP contribution in [0.25, 0.3) is 0 Å². The third kappa shape index (κ3) is 1.41. The van der Waals surface area contributed by atoms with Gasteiger partial charge in [-0.05, 0) is 6.07 Å². The van der Waals surface area contributed by atoms with Crippen LogP contribution in [0.2, 0.25) is 0 Å². The molecule has 13 heavy (non-hydrogen) atoms. The van der Waals surface area contributed by atoms with Gasteiger partial charge in [0.2, 0.25) is 0 Å². The van der Waals surface area contributed by atoms with Gasteiger partial charge in [0.1, 0.15) is 18.5 Å². The van der Waals surface area contributed by atoms with Crippen molar-refractivity contribution in [2.75, 3.05) is 13.7 Å². The summed E-state index contributed by atoms with van der Waals surface area (Å²) in [4.78, 5) is 0. The molecule has 1 aliphatic heterocycles. The van der Waals surface area contributed by atoms with Gasteiger partial charge in [0, 0.05) is 12.7 Å². The average molecular weight is 179 g/mol. The van der Waals surface area contributed by atoms with Crippen molar-refractivity contribution in [2.45, 2.75) is 12.1 Å². The molecule has 1 aliphatic rings. The SMILES string of the molecule is CO[C@@H]1COc2ccccc2[C@@H]1N. The number of methoxy groups -OCH3 is 1. The van der Waals surface area contributed by atoms with Crippen molar-refractivity contribution in [3.63, 3.8) is 0 Å². The molecule has 0 saturated heterocycles. The fourth-order valence-electron chi connectivity index (χ4n) is 1.58. The zero-order chi connectivity index (χ0) is 9.26. The topological polar surface area (TPSA) is 44.5 Å². The van der Waals surface area contributed by atoms with Crippen LogP contribution in [-0.4, -0.2) is 19.8 Å². The third-order valence-electron chi connectivity index (χ3n) is 2.38. The van der Waals surface area contributed by atoms with E-state index in [0.29, 0.717) is 6.61 Å². The smallest absolute Gasteiger partial charge is 0.124 e. The summed E-state index contributed by atoms with van der Waals surface area (Å²) in [5, 5.41) is 0. The van der Waals surface area contributed by atoms with Crippen LogP contribution in [0.5, 0.6) is 5.75 Å². The largest absolute Gasteiger partial charge is 0.490 e. The van der Waals surface area contributed by atoms with Gasteiger partial charge < -0.3 is 15.2 Å². The molecule has 1 aromatic rings. The van der Waals surface area contributed by atoms with E-state index in [4.69, 9.17) is 15.2 Å². The summed E-state index contributed by atoms with van der Waals surface area (Å²) in [6, 6.07) is 7.74. The van der Waals surface area contributed by atoms with Crippen LogP contribution in [0.3, 0.4) is 0 Å². The Labute approximate surface area is 77.5 Å². The quantitative estimate of drug-likeness (QED) is 0.702. The van der Waals surface area contributed by atoms with Crippen molar-refractivity contribution in [3.05, 3.63) is 29.8 Å². The number of nitrogens with two attached hydrogens (primary N) is 1. The summed E-state index contributed by atoms with van der Waals surface area (Å²) in [6.07, 6.45) is -0.0325. The molecule has 0 aromatic heterocycles. The first-order valence-corrected chi connectivity index (χ1v) is 4.33. The normalized spacial score (nSPS) is 26.3. The predicted octanol–water partition coefficient (Wildman–Crippen LogP) is 1.09. The first kappa shape index (κ1) is 8.53. The molecule has 1 aromatic carbocycles. The number of benzene rings is 1. The van der Waals surface area contributed by atoms with Crippen molar-refractivity contribution in [1.82, 2.24) is 0 Å². The average Bonchev–Trinajstić information content (AvgIpc) is 2.19. The molecular formula is C10H13NO2. The number of ether oxygens (including phenoxy) is 2. The lowest BCUT2D eigenvalue weighted by molar-refractivity contribution is 0.0260. The number of hydrogen-bond donors (Lipinski definition) is 1. The molecule has 0 aliphatic carbocycles. The number of hydrogen-bond acceptors (Lipinski definition) is 3. The fourth-order valence-corrected chi connectivity index (χ4v) is 1.58. The predicted molar refractivity (Wildman–Crippen MR) is 49.7 cm³/mol. The van der Waals surface area contributed by atoms with Gasteiger partial charge in [-0.3, -0.25) is 0 Å². The van der Waals surface area contributed by atoms with Crippen LogP contribution in [0.15, 0.2) is 24.3 Å². The van der Waals surface area contributed by atoms with Gasteiger partial charge in [-0.15, -0.1) is 0 Å². The van der Waals surface area contributed by atoms with Gasteiger partial charge in [-0.25, -0.2) is 0 Å². The molecule has 0 spiro atoms. The second-order valence-corrected chi connectivity index (χ2v) is 3.15. The van der Waals surface area contributed by atoms with Gasteiger partial charge >= 0.3 is 0 Å². The van der Waals surface area contributed by atoms with E-state index in [-0.39, 0.29) is 12.1 Å². The molecule has 3 heteroatoms. The van der Waals surface area contributed by atoms with Crippen LogP contribution >= 0.6 is 0 Å². The highest BCUT2D eigenvalue weighted by Gasteiger charge is 2.27. The fraction of sp³-hybridized carbons (Fsp3) is 0.400. The molecule has 0 fully saturated rings. The van der Waals surface area contributed by atoms with Crippen molar-refractivity contribution >= 4 is 0 Å². The molecule has 3 nitrogen and oxygen atoms in total. The van der Waals surface area contributed by atoms with E-state index in [1.165, 1.54) is 0 Å². The lowest BCUT2D eigenvalue weighted by atomic mass is 9.99. The van der Waals surface area contributed by atoms with Gasteiger partial charge in [-0.2, -0.15) is 0 Å². The Morgan fingerprint density at radius 1 is 1.46 bits per heavy atom. The Morgan fingerprint density at radius 3 is 3.00 bits per heavy atom. The first-order valence-electron chi connectivity index (χ1n) is 4.33. The first-order chi connectivity index (χ1) is 6.33. The Bertz CT molecular complexity index is 301. The van der Waals surface area contributed by atoms with Crippen LogP contribution in [-0.2, 0) is 4.74 Å². The number of para-hydroxylation sites is 1. The highest BCUT2D eigenvalue weighted by atomic mass is 16.5. The Kier molecular flexibility index (Phi) is 2.20. The zero-order valence-corrected chi connectivity index (χ0v) is 7.57. The second kappa shape index (κ2) is 3.36. The molecule has 2 atom stereocenters. The molecule has 2 N–H and O–H groups in total. The molecule has 2 rings (SSSR count). The van der Waals surface area contributed by atoms with Crippen molar-refractivity contribution in [2.24, 2.45) is 5.73 Å². The molecule has 0 saturated carbocycles. The van der Waals surface area contributed by atoms with Gasteiger partial charge in [0.05, 0.1) is 6.04 Å². The summed E-state index contributed by atoms with van der Waals surface area (Å²) < 4.78 is 10.7. The summed E-state index contributed by atoms with van der Waals surface area (Å²) in [5.74, 6) is 0.878. The molecule has 0 bridgehead atoms. The standard InChI is InChI=1S/C10H13NO2/c1-12-9-6-13-8-5-3-2-4-7(8)10(9)11/h2-5,9-10H,6,11H2,1H3/t9-,10+/m1/s1. The number of fused-ring (bicyclic) bond motifs is 1.